The lowest BCUT2D eigenvalue weighted by molar-refractivity contribution is -0.224. The van der Waals surface area contributed by atoms with Crippen molar-refractivity contribution in [3.63, 3.8) is 0 Å². The van der Waals surface area contributed by atoms with Crippen molar-refractivity contribution in [1.29, 1.82) is 0 Å². The van der Waals surface area contributed by atoms with Crippen molar-refractivity contribution >= 4 is 11.8 Å². The number of hydrogen-bond donors (Lipinski definition) is 2. The SMILES string of the molecule is CC[C@H]1OC(=O)[C@@](C)(F)C(=O)[C@H](C)[C@@H](C)[C@](C)(OC)C[C@@H](C)CN(C)[C@H](C)[C@@](C)(O)[C@]1(C)O. The predicted octanol–water partition coefficient (Wildman–Crippen LogP) is 3.14. The molecule has 1 aliphatic rings. The maximum atomic E-state index is 15.6. The molecule has 0 amide bonds. The van der Waals surface area contributed by atoms with E-state index in [0.29, 0.717) is 13.0 Å². The highest BCUT2D eigenvalue weighted by molar-refractivity contribution is 6.07. The van der Waals surface area contributed by atoms with E-state index in [0.717, 1.165) is 6.92 Å². The summed E-state index contributed by atoms with van der Waals surface area (Å²) in [6.45, 7) is 15.2. The number of nitrogens with zero attached hydrogens (tertiary/aromatic N) is 1. The Hall–Kier alpha value is -1.09. The zero-order chi connectivity index (χ0) is 26.2. The van der Waals surface area contributed by atoms with Crippen LogP contribution in [-0.4, -0.2) is 82.2 Å². The minimum Gasteiger partial charge on any atom is -0.457 e. The summed E-state index contributed by atoms with van der Waals surface area (Å²) in [6.07, 6.45) is -0.527. The molecule has 0 radical (unpaired) electrons. The number of hydrogen-bond acceptors (Lipinski definition) is 7. The molecule has 0 spiro atoms. The third-order valence-corrected chi connectivity index (χ3v) is 8.54. The van der Waals surface area contributed by atoms with E-state index < -0.39 is 52.3 Å². The Bertz CT molecular complexity index is 709. The van der Waals surface area contributed by atoms with Gasteiger partial charge in [0.15, 0.2) is 5.78 Å². The van der Waals surface area contributed by atoms with E-state index in [1.54, 1.807) is 27.9 Å². The molecule has 0 aromatic carbocycles. The molecule has 194 valence electrons. The summed E-state index contributed by atoms with van der Waals surface area (Å²) < 4.78 is 26.9. The molecule has 0 bridgehead atoms. The molecule has 1 heterocycles. The van der Waals surface area contributed by atoms with Gasteiger partial charge in [-0.2, -0.15) is 0 Å². The Morgan fingerprint density at radius 1 is 1.09 bits per heavy atom. The molecule has 0 unspecified atom stereocenters. The van der Waals surface area contributed by atoms with Crippen molar-refractivity contribution in [1.82, 2.24) is 4.90 Å². The lowest BCUT2D eigenvalue weighted by Crippen LogP contribution is -2.67. The second-order valence-electron chi connectivity index (χ2n) is 11.0. The first-order chi connectivity index (χ1) is 14.8. The fraction of sp³-hybridized carbons (Fsp3) is 0.920. The summed E-state index contributed by atoms with van der Waals surface area (Å²) in [5.74, 6) is -3.37. The van der Waals surface area contributed by atoms with E-state index >= 15 is 4.39 Å². The smallest absolute Gasteiger partial charge is 0.351 e. The second-order valence-corrected chi connectivity index (χ2v) is 11.0. The minimum atomic E-state index is -2.91. The second kappa shape index (κ2) is 10.3. The highest BCUT2D eigenvalue weighted by Crippen LogP contribution is 2.39. The van der Waals surface area contributed by atoms with Crippen LogP contribution < -0.4 is 0 Å². The predicted molar refractivity (Wildman–Crippen MR) is 126 cm³/mol. The molecule has 0 saturated carbocycles. The molecule has 33 heavy (non-hydrogen) atoms. The van der Waals surface area contributed by atoms with Gasteiger partial charge >= 0.3 is 5.97 Å². The Morgan fingerprint density at radius 2 is 1.61 bits per heavy atom. The van der Waals surface area contributed by atoms with Crippen LogP contribution in [0.2, 0.25) is 0 Å². The van der Waals surface area contributed by atoms with E-state index in [9.17, 15) is 19.8 Å². The van der Waals surface area contributed by atoms with Gasteiger partial charge in [0.1, 0.15) is 17.3 Å². The van der Waals surface area contributed by atoms with Crippen LogP contribution >= 0.6 is 0 Å². The Morgan fingerprint density at radius 3 is 2.06 bits per heavy atom. The van der Waals surface area contributed by atoms with Crippen molar-refractivity contribution in [2.24, 2.45) is 17.8 Å². The van der Waals surface area contributed by atoms with Crippen molar-refractivity contribution in [2.45, 2.75) is 110 Å². The molecule has 1 saturated heterocycles. The van der Waals surface area contributed by atoms with Gasteiger partial charge in [0.05, 0.1) is 5.60 Å². The maximum Gasteiger partial charge on any atom is 0.351 e. The number of esters is 1. The molecule has 8 heteroatoms. The van der Waals surface area contributed by atoms with Crippen LogP contribution in [0.3, 0.4) is 0 Å². The maximum absolute atomic E-state index is 15.6. The summed E-state index contributed by atoms with van der Waals surface area (Å²) in [4.78, 5) is 28.0. The zero-order valence-corrected chi connectivity index (χ0v) is 22.4. The van der Waals surface area contributed by atoms with Crippen LogP contribution in [0.25, 0.3) is 0 Å². The number of cyclic esters (lactones) is 1. The molecule has 7 nitrogen and oxygen atoms in total. The van der Waals surface area contributed by atoms with E-state index in [4.69, 9.17) is 9.47 Å². The van der Waals surface area contributed by atoms with E-state index in [1.807, 2.05) is 32.7 Å². The van der Waals surface area contributed by atoms with Gasteiger partial charge in [0.25, 0.3) is 5.67 Å². The van der Waals surface area contributed by atoms with Gasteiger partial charge in [-0.25, -0.2) is 9.18 Å². The highest BCUT2D eigenvalue weighted by Gasteiger charge is 2.56. The number of carbonyl (C=O) groups is 2. The fourth-order valence-electron chi connectivity index (χ4n) is 5.16. The largest absolute Gasteiger partial charge is 0.457 e. The van der Waals surface area contributed by atoms with Gasteiger partial charge in [0, 0.05) is 25.6 Å². The monoisotopic (exact) mass is 475 g/mol. The van der Waals surface area contributed by atoms with Gasteiger partial charge in [-0.3, -0.25) is 4.79 Å². The molecule has 0 aromatic heterocycles. The summed E-state index contributed by atoms with van der Waals surface area (Å²) in [5.41, 5.74) is -7.29. The first-order valence-corrected chi connectivity index (χ1v) is 12.0. The molecule has 1 rings (SSSR count). The number of halogens is 1. The molecule has 1 aliphatic heterocycles. The quantitative estimate of drug-likeness (QED) is 0.468. The minimum absolute atomic E-state index is 0.0923. The molecule has 9 atom stereocenters. The number of carbonyl (C=O) groups excluding carboxylic acids is 2. The number of rotatable bonds is 2. The topological polar surface area (TPSA) is 96.3 Å². The number of Topliss-reactive ketones (excluding diaryl/α,β-unsaturated/α-hetero) is 1. The molecule has 0 aliphatic carbocycles. The van der Waals surface area contributed by atoms with Crippen LogP contribution in [0.5, 0.6) is 0 Å². The van der Waals surface area contributed by atoms with Crippen molar-refractivity contribution in [2.75, 3.05) is 20.7 Å². The number of ketones is 1. The number of aliphatic hydroxyl groups is 2. The standard InChI is InChI=1S/C25H46FNO6/c1-12-19-25(9,31)24(8,30)18(5)27(10)14-15(2)13-22(6,32-11)17(4)16(3)20(28)23(7,26)21(29)33-19/h15-19,30-31H,12-14H2,1-11H3/t15-,16-,17-,18-,19-,22-,23+,24-,25-/m1/s1. The Kier molecular flexibility index (Phi) is 9.31. The average Bonchev–Trinajstić information content (AvgIpc) is 2.73. The molecule has 0 aromatic rings. The third-order valence-electron chi connectivity index (χ3n) is 8.54. The number of methoxy groups -OCH3 is 1. The zero-order valence-electron chi connectivity index (χ0n) is 22.4. The normalized spacial score (nSPS) is 47.5. The fourth-order valence-corrected chi connectivity index (χ4v) is 5.16. The summed E-state index contributed by atoms with van der Waals surface area (Å²) in [7, 11) is 3.42. The summed E-state index contributed by atoms with van der Waals surface area (Å²) in [5, 5.41) is 22.8. The van der Waals surface area contributed by atoms with Gasteiger partial charge in [-0.05, 0) is 66.3 Å². The number of alkyl halides is 1. The van der Waals surface area contributed by atoms with Crippen molar-refractivity contribution in [3.05, 3.63) is 0 Å². The molecular weight excluding hydrogens is 429 g/mol. The van der Waals surface area contributed by atoms with Crippen LogP contribution in [0, 0.1) is 17.8 Å². The van der Waals surface area contributed by atoms with E-state index in [1.165, 1.54) is 13.8 Å². The van der Waals surface area contributed by atoms with Gasteiger partial charge in [0.2, 0.25) is 0 Å². The van der Waals surface area contributed by atoms with Crippen LogP contribution in [0.15, 0.2) is 0 Å². The van der Waals surface area contributed by atoms with Crippen molar-refractivity contribution in [3.8, 4) is 0 Å². The number of ether oxygens (including phenoxy) is 2. The van der Waals surface area contributed by atoms with Crippen molar-refractivity contribution < 1.29 is 33.7 Å². The summed E-state index contributed by atoms with van der Waals surface area (Å²) >= 11 is 0. The van der Waals surface area contributed by atoms with Crippen LogP contribution in [-0.2, 0) is 19.1 Å². The summed E-state index contributed by atoms with van der Waals surface area (Å²) in [6, 6.07) is -0.531. The molecule has 2 N–H and O–H groups in total. The van der Waals surface area contributed by atoms with Gasteiger partial charge in [-0.15, -0.1) is 0 Å². The lowest BCUT2D eigenvalue weighted by atomic mass is 9.73. The first kappa shape index (κ1) is 29.9. The average molecular weight is 476 g/mol. The Labute approximate surface area is 199 Å². The van der Waals surface area contributed by atoms with Gasteiger partial charge < -0.3 is 24.6 Å². The van der Waals surface area contributed by atoms with Crippen LogP contribution in [0.4, 0.5) is 4.39 Å². The Balaban J connectivity index is 3.62. The first-order valence-electron chi connectivity index (χ1n) is 12.0. The van der Waals surface area contributed by atoms with Gasteiger partial charge in [-0.1, -0.05) is 27.7 Å². The third kappa shape index (κ3) is 5.60. The lowest BCUT2D eigenvalue weighted by Gasteiger charge is -2.49. The van der Waals surface area contributed by atoms with E-state index in [-0.39, 0.29) is 18.3 Å². The molecular formula is C25H46FNO6. The highest BCUT2D eigenvalue weighted by atomic mass is 19.1. The molecule has 1 fully saturated rings. The number of likely N-dealkylation sites (N-methyl/N-ethyl adjacent to an activating group) is 1. The van der Waals surface area contributed by atoms with E-state index in [2.05, 4.69) is 0 Å². The van der Waals surface area contributed by atoms with Crippen LogP contribution in [0.1, 0.15) is 75.2 Å².